The zero-order chi connectivity index (χ0) is 10.3. The SMILES string of the molecule is CC[C@H]1O[C@@H](OC)C2OC(C)(C)O[C@H]21. The first-order valence-electron chi connectivity index (χ1n) is 5.11. The average molecular weight is 202 g/mol. The molecule has 4 nitrogen and oxygen atoms in total. The van der Waals surface area contributed by atoms with Gasteiger partial charge in [-0.1, -0.05) is 6.92 Å². The number of hydrogen-bond donors (Lipinski definition) is 0. The van der Waals surface area contributed by atoms with Gasteiger partial charge in [0.1, 0.15) is 12.2 Å². The van der Waals surface area contributed by atoms with Crippen LogP contribution in [0.15, 0.2) is 0 Å². The zero-order valence-corrected chi connectivity index (χ0v) is 9.15. The van der Waals surface area contributed by atoms with Crippen molar-refractivity contribution in [1.82, 2.24) is 0 Å². The molecule has 2 aliphatic rings. The van der Waals surface area contributed by atoms with E-state index in [9.17, 15) is 0 Å². The standard InChI is InChI=1S/C10H18O4/c1-5-6-7-8(9(11-4)12-6)14-10(2,3)13-7/h6-9H,5H2,1-4H3/t6-,7+,8?,9-/m1/s1. The quantitative estimate of drug-likeness (QED) is 0.676. The van der Waals surface area contributed by atoms with Crippen molar-refractivity contribution < 1.29 is 18.9 Å². The van der Waals surface area contributed by atoms with Crippen molar-refractivity contribution in [2.24, 2.45) is 0 Å². The van der Waals surface area contributed by atoms with Crippen LogP contribution in [0, 0.1) is 0 Å². The van der Waals surface area contributed by atoms with Gasteiger partial charge in [-0.3, -0.25) is 0 Å². The van der Waals surface area contributed by atoms with Gasteiger partial charge in [0, 0.05) is 7.11 Å². The van der Waals surface area contributed by atoms with Crippen molar-refractivity contribution >= 4 is 0 Å². The fourth-order valence-electron chi connectivity index (χ4n) is 2.16. The van der Waals surface area contributed by atoms with Gasteiger partial charge in [0.15, 0.2) is 12.1 Å². The Bertz CT molecular complexity index is 196. The summed E-state index contributed by atoms with van der Waals surface area (Å²) in [5.41, 5.74) is 0. The molecular weight excluding hydrogens is 184 g/mol. The normalized spacial score (nSPS) is 45.4. The van der Waals surface area contributed by atoms with Gasteiger partial charge < -0.3 is 18.9 Å². The number of hydrogen-bond acceptors (Lipinski definition) is 4. The van der Waals surface area contributed by atoms with Crippen LogP contribution in [0.4, 0.5) is 0 Å². The minimum Gasteiger partial charge on any atom is -0.353 e. The second-order valence-electron chi connectivity index (χ2n) is 4.25. The summed E-state index contributed by atoms with van der Waals surface area (Å²) in [6.07, 6.45) is 0.652. The van der Waals surface area contributed by atoms with E-state index in [0.717, 1.165) is 6.42 Å². The smallest absolute Gasteiger partial charge is 0.186 e. The number of rotatable bonds is 2. The van der Waals surface area contributed by atoms with E-state index in [4.69, 9.17) is 18.9 Å². The second-order valence-corrected chi connectivity index (χ2v) is 4.25. The molecule has 0 aromatic rings. The van der Waals surface area contributed by atoms with E-state index in [1.54, 1.807) is 7.11 Å². The van der Waals surface area contributed by atoms with E-state index in [2.05, 4.69) is 6.92 Å². The highest BCUT2D eigenvalue weighted by molar-refractivity contribution is 4.94. The highest BCUT2D eigenvalue weighted by Gasteiger charge is 2.54. The molecule has 0 aromatic carbocycles. The average Bonchev–Trinajstić information content (AvgIpc) is 2.57. The predicted molar refractivity (Wildman–Crippen MR) is 49.8 cm³/mol. The third kappa shape index (κ3) is 1.56. The molecule has 0 aromatic heterocycles. The minimum absolute atomic E-state index is 0.0138. The second kappa shape index (κ2) is 3.45. The van der Waals surface area contributed by atoms with Crippen LogP contribution in [0.5, 0.6) is 0 Å². The van der Waals surface area contributed by atoms with E-state index >= 15 is 0 Å². The molecule has 4 atom stereocenters. The Labute approximate surface area is 84.5 Å². The summed E-state index contributed by atoms with van der Waals surface area (Å²) < 4.78 is 22.4. The third-order valence-corrected chi connectivity index (χ3v) is 2.74. The molecule has 2 aliphatic heterocycles. The fourth-order valence-corrected chi connectivity index (χ4v) is 2.16. The molecule has 0 amide bonds. The fraction of sp³-hybridized carbons (Fsp3) is 1.00. The molecule has 0 radical (unpaired) electrons. The van der Waals surface area contributed by atoms with Gasteiger partial charge in [-0.25, -0.2) is 0 Å². The topological polar surface area (TPSA) is 36.9 Å². The largest absolute Gasteiger partial charge is 0.353 e. The van der Waals surface area contributed by atoms with Gasteiger partial charge in [0.2, 0.25) is 0 Å². The molecule has 4 heteroatoms. The molecule has 0 aliphatic carbocycles. The number of ether oxygens (including phenoxy) is 4. The molecule has 0 bridgehead atoms. The Morgan fingerprint density at radius 1 is 1.21 bits per heavy atom. The Hall–Kier alpha value is -0.160. The van der Waals surface area contributed by atoms with E-state index in [1.807, 2.05) is 13.8 Å². The van der Waals surface area contributed by atoms with Crippen LogP contribution in [-0.2, 0) is 18.9 Å². The molecule has 2 rings (SSSR count). The molecule has 2 saturated heterocycles. The molecule has 2 heterocycles. The van der Waals surface area contributed by atoms with Crippen molar-refractivity contribution in [1.29, 1.82) is 0 Å². The molecular formula is C10H18O4. The molecule has 1 unspecified atom stereocenters. The van der Waals surface area contributed by atoms with Crippen molar-refractivity contribution in [3.05, 3.63) is 0 Å². The monoisotopic (exact) mass is 202 g/mol. The molecule has 0 spiro atoms. The van der Waals surface area contributed by atoms with E-state index in [-0.39, 0.29) is 24.6 Å². The maximum Gasteiger partial charge on any atom is 0.186 e. The van der Waals surface area contributed by atoms with Crippen LogP contribution in [0.2, 0.25) is 0 Å². The summed E-state index contributed by atoms with van der Waals surface area (Å²) in [6.45, 7) is 5.92. The number of fused-ring (bicyclic) bond motifs is 1. The van der Waals surface area contributed by atoms with Gasteiger partial charge in [-0.05, 0) is 20.3 Å². The first kappa shape index (κ1) is 10.4. The van der Waals surface area contributed by atoms with E-state index in [0.29, 0.717) is 0 Å². The van der Waals surface area contributed by atoms with Crippen LogP contribution in [0.1, 0.15) is 27.2 Å². The lowest BCUT2D eigenvalue weighted by atomic mass is 10.1. The lowest BCUT2D eigenvalue weighted by Crippen LogP contribution is -2.30. The first-order valence-corrected chi connectivity index (χ1v) is 5.11. The molecule has 2 fully saturated rings. The molecule has 0 saturated carbocycles. The van der Waals surface area contributed by atoms with Crippen molar-refractivity contribution in [2.75, 3.05) is 7.11 Å². The summed E-state index contributed by atoms with van der Waals surface area (Å²) in [7, 11) is 1.63. The summed E-state index contributed by atoms with van der Waals surface area (Å²) >= 11 is 0. The summed E-state index contributed by atoms with van der Waals surface area (Å²) in [4.78, 5) is 0. The Kier molecular flexibility index (Phi) is 2.55. The predicted octanol–water partition coefficient (Wildman–Crippen LogP) is 1.29. The van der Waals surface area contributed by atoms with Gasteiger partial charge in [-0.15, -0.1) is 0 Å². The van der Waals surface area contributed by atoms with Crippen LogP contribution >= 0.6 is 0 Å². The molecule has 14 heavy (non-hydrogen) atoms. The highest BCUT2D eigenvalue weighted by Crippen LogP contribution is 2.39. The van der Waals surface area contributed by atoms with Crippen LogP contribution in [-0.4, -0.2) is 37.5 Å². The van der Waals surface area contributed by atoms with Crippen molar-refractivity contribution in [3.63, 3.8) is 0 Å². The third-order valence-electron chi connectivity index (χ3n) is 2.74. The maximum absolute atomic E-state index is 5.78. The van der Waals surface area contributed by atoms with Crippen molar-refractivity contribution in [2.45, 2.75) is 57.6 Å². The summed E-state index contributed by atoms with van der Waals surface area (Å²) in [6, 6.07) is 0. The highest BCUT2D eigenvalue weighted by atomic mass is 16.8. The van der Waals surface area contributed by atoms with Crippen molar-refractivity contribution in [3.8, 4) is 0 Å². The van der Waals surface area contributed by atoms with Crippen LogP contribution in [0.25, 0.3) is 0 Å². The maximum atomic E-state index is 5.78. The van der Waals surface area contributed by atoms with Gasteiger partial charge in [-0.2, -0.15) is 0 Å². The van der Waals surface area contributed by atoms with Gasteiger partial charge in [0.05, 0.1) is 6.10 Å². The minimum atomic E-state index is -0.511. The van der Waals surface area contributed by atoms with E-state index in [1.165, 1.54) is 0 Å². The summed E-state index contributed by atoms with van der Waals surface area (Å²) in [5, 5.41) is 0. The zero-order valence-electron chi connectivity index (χ0n) is 9.15. The molecule has 0 N–H and O–H groups in total. The lowest BCUT2D eigenvalue weighted by molar-refractivity contribution is -0.227. The lowest BCUT2D eigenvalue weighted by Gasteiger charge is -2.22. The van der Waals surface area contributed by atoms with Crippen LogP contribution in [0.3, 0.4) is 0 Å². The van der Waals surface area contributed by atoms with Crippen LogP contribution < -0.4 is 0 Å². The van der Waals surface area contributed by atoms with Gasteiger partial charge in [0.25, 0.3) is 0 Å². The van der Waals surface area contributed by atoms with E-state index < -0.39 is 5.79 Å². The number of methoxy groups -OCH3 is 1. The van der Waals surface area contributed by atoms with Gasteiger partial charge >= 0.3 is 0 Å². The Morgan fingerprint density at radius 2 is 1.86 bits per heavy atom. The summed E-state index contributed by atoms with van der Waals surface area (Å²) in [5.74, 6) is -0.511. The first-order chi connectivity index (χ1) is 6.57. The molecule has 82 valence electrons. The Balaban J connectivity index is 2.12. The Morgan fingerprint density at radius 3 is 2.43 bits per heavy atom.